The van der Waals surface area contributed by atoms with Crippen molar-refractivity contribution >= 4 is 40.8 Å². The van der Waals surface area contributed by atoms with E-state index in [1.165, 1.54) is 18.3 Å². The second-order valence-electron chi connectivity index (χ2n) is 5.36. The van der Waals surface area contributed by atoms with Crippen LogP contribution in [0.3, 0.4) is 0 Å². The first-order chi connectivity index (χ1) is 12.5. The molecule has 1 N–H and O–H groups in total. The highest BCUT2D eigenvalue weighted by molar-refractivity contribution is 6.32. The average molecular weight is 390 g/mol. The summed E-state index contributed by atoms with van der Waals surface area (Å²) in [7, 11) is 0. The van der Waals surface area contributed by atoms with E-state index in [-0.39, 0.29) is 5.69 Å². The number of halogens is 2. The molecule has 132 valence electrons. The van der Waals surface area contributed by atoms with Gasteiger partial charge in [-0.2, -0.15) is 10.2 Å². The number of nitro groups is 1. The van der Waals surface area contributed by atoms with Gasteiger partial charge in [0.05, 0.1) is 33.8 Å². The van der Waals surface area contributed by atoms with Crippen LogP contribution in [0.1, 0.15) is 11.3 Å². The van der Waals surface area contributed by atoms with Crippen LogP contribution in [-0.2, 0) is 0 Å². The minimum atomic E-state index is -0.467. The van der Waals surface area contributed by atoms with Crippen LogP contribution in [0.2, 0.25) is 10.2 Å². The molecular formula is C17H13Cl2N5O2. The zero-order valence-corrected chi connectivity index (χ0v) is 15.1. The average Bonchev–Trinajstić information content (AvgIpc) is 2.90. The summed E-state index contributed by atoms with van der Waals surface area (Å²) in [5, 5.41) is 20.3. The van der Waals surface area contributed by atoms with E-state index in [9.17, 15) is 10.1 Å². The Bertz CT molecular complexity index is 1000. The van der Waals surface area contributed by atoms with Gasteiger partial charge in [-0.25, -0.2) is 4.68 Å². The molecular weight excluding hydrogens is 377 g/mol. The maximum Gasteiger partial charge on any atom is 0.271 e. The van der Waals surface area contributed by atoms with Gasteiger partial charge in [0.25, 0.3) is 5.69 Å². The largest absolute Gasteiger partial charge is 0.278 e. The van der Waals surface area contributed by atoms with E-state index >= 15 is 0 Å². The van der Waals surface area contributed by atoms with E-state index in [0.29, 0.717) is 27.1 Å². The summed E-state index contributed by atoms with van der Waals surface area (Å²) in [6.07, 6.45) is 1.52. The predicted molar refractivity (Wildman–Crippen MR) is 103 cm³/mol. The Morgan fingerprint density at radius 2 is 2.00 bits per heavy atom. The van der Waals surface area contributed by atoms with Gasteiger partial charge in [0.1, 0.15) is 5.15 Å². The molecule has 0 saturated heterocycles. The topological polar surface area (TPSA) is 85.3 Å². The number of rotatable bonds is 5. The minimum Gasteiger partial charge on any atom is -0.278 e. The van der Waals surface area contributed by atoms with Crippen molar-refractivity contribution < 1.29 is 4.92 Å². The molecule has 0 aliphatic carbocycles. The molecule has 0 amide bonds. The molecule has 0 aliphatic rings. The standard InChI is InChI=1S/C17H13Cl2N5O2/c1-11-16(10-20-21-13-5-3-7-15(9-13)24(25)26)17(19)23(22-11)14-6-2-4-12(18)8-14/h2-10,21H,1H3/b20-10+. The van der Waals surface area contributed by atoms with E-state index < -0.39 is 4.92 Å². The van der Waals surface area contributed by atoms with Gasteiger partial charge in [-0.1, -0.05) is 35.3 Å². The Kier molecular flexibility index (Phi) is 5.20. The Morgan fingerprint density at radius 3 is 2.73 bits per heavy atom. The third kappa shape index (κ3) is 3.84. The fourth-order valence-electron chi connectivity index (χ4n) is 2.30. The summed E-state index contributed by atoms with van der Waals surface area (Å²) >= 11 is 12.4. The smallest absolute Gasteiger partial charge is 0.271 e. The van der Waals surface area contributed by atoms with Crippen molar-refractivity contribution in [2.24, 2.45) is 5.10 Å². The first-order valence-electron chi connectivity index (χ1n) is 7.50. The highest BCUT2D eigenvalue weighted by Gasteiger charge is 2.13. The number of aromatic nitrogens is 2. The van der Waals surface area contributed by atoms with Crippen LogP contribution in [0.5, 0.6) is 0 Å². The Labute approximate surface area is 159 Å². The Hall–Kier alpha value is -2.90. The molecule has 1 heterocycles. The SMILES string of the molecule is Cc1nn(-c2cccc(Cl)c2)c(Cl)c1/C=N/Nc1cccc([N+](=O)[O-])c1. The number of aryl methyl sites for hydroxylation is 1. The minimum absolute atomic E-state index is 0.0202. The predicted octanol–water partition coefficient (Wildman–Crippen LogP) is 4.84. The van der Waals surface area contributed by atoms with Crippen molar-refractivity contribution in [3.63, 3.8) is 0 Å². The van der Waals surface area contributed by atoms with E-state index in [1.807, 2.05) is 19.1 Å². The maximum absolute atomic E-state index is 10.8. The lowest BCUT2D eigenvalue weighted by Crippen LogP contribution is -1.96. The van der Waals surface area contributed by atoms with Gasteiger partial charge in [0, 0.05) is 17.2 Å². The third-order valence-electron chi connectivity index (χ3n) is 3.55. The van der Waals surface area contributed by atoms with Crippen molar-refractivity contribution in [3.05, 3.63) is 80.1 Å². The van der Waals surface area contributed by atoms with E-state index in [0.717, 1.165) is 5.69 Å². The number of anilines is 1. The molecule has 0 saturated carbocycles. The molecule has 0 spiro atoms. The van der Waals surface area contributed by atoms with Crippen LogP contribution in [0.4, 0.5) is 11.4 Å². The van der Waals surface area contributed by atoms with Crippen LogP contribution in [0.25, 0.3) is 5.69 Å². The quantitative estimate of drug-likeness (QED) is 0.384. The molecule has 7 nitrogen and oxygen atoms in total. The van der Waals surface area contributed by atoms with Gasteiger partial charge < -0.3 is 0 Å². The van der Waals surface area contributed by atoms with E-state index in [4.69, 9.17) is 23.2 Å². The third-order valence-corrected chi connectivity index (χ3v) is 4.14. The monoisotopic (exact) mass is 389 g/mol. The summed E-state index contributed by atoms with van der Waals surface area (Å²) in [4.78, 5) is 10.3. The van der Waals surface area contributed by atoms with Crippen LogP contribution in [0, 0.1) is 17.0 Å². The summed E-state index contributed by atoms with van der Waals surface area (Å²) in [6, 6.07) is 13.2. The fourth-order valence-corrected chi connectivity index (χ4v) is 2.80. The van der Waals surface area contributed by atoms with Gasteiger partial charge in [-0.3, -0.25) is 15.5 Å². The molecule has 3 aromatic rings. The molecule has 9 heteroatoms. The number of hydrogen-bond acceptors (Lipinski definition) is 5. The molecule has 1 aromatic heterocycles. The summed E-state index contributed by atoms with van der Waals surface area (Å²) < 4.78 is 1.57. The zero-order chi connectivity index (χ0) is 18.7. The number of hydrazone groups is 1. The second-order valence-corrected chi connectivity index (χ2v) is 6.15. The second kappa shape index (κ2) is 7.55. The molecule has 3 rings (SSSR count). The molecule has 0 unspecified atom stereocenters. The normalized spacial score (nSPS) is 11.0. The zero-order valence-electron chi connectivity index (χ0n) is 13.6. The van der Waals surface area contributed by atoms with Gasteiger partial charge in [0.15, 0.2) is 0 Å². The summed E-state index contributed by atoms with van der Waals surface area (Å²) in [5.41, 5.74) is 5.26. The van der Waals surface area contributed by atoms with E-state index in [1.54, 1.807) is 28.9 Å². The van der Waals surface area contributed by atoms with Gasteiger partial charge in [-0.15, -0.1) is 0 Å². The van der Waals surface area contributed by atoms with Crippen molar-refractivity contribution in [1.29, 1.82) is 0 Å². The van der Waals surface area contributed by atoms with Crippen LogP contribution >= 0.6 is 23.2 Å². The number of nitro benzene ring substituents is 1. The molecule has 0 aliphatic heterocycles. The number of non-ortho nitro benzene ring substituents is 1. The molecule has 2 aromatic carbocycles. The van der Waals surface area contributed by atoms with Crippen molar-refractivity contribution in [1.82, 2.24) is 9.78 Å². The van der Waals surface area contributed by atoms with Crippen molar-refractivity contribution in [2.75, 3.05) is 5.43 Å². The molecule has 0 bridgehead atoms. The number of nitrogens with zero attached hydrogens (tertiary/aromatic N) is 4. The highest BCUT2D eigenvalue weighted by Crippen LogP contribution is 2.24. The van der Waals surface area contributed by atoms with Gasteiger partial charge in [0.2, 0.25) is 0 Å². The van der Waals surface area contributed by atoms with Crippen molar-refractivity contribution in [3.8, 4) is 5.69 Å². The van der Waals surface area contributed by atoms with Gasteiger partial charge >= 0.3 is 0 Å². The number of nitrogens with one attached hydrogen (secondary N) is 1. The van der Waals surface area contributed by atoms with Crippen LogP contribution in [-0.4, -0.2) is 20.9 Å². The Morgan fingerprint density at radius 1 is 1.23 bits per heavy atom. The lowest BCUT2D eigenvalue weighted by Gasteiger charge is -2.03. The van der Waals surface area contributed by atoms with Crippen molar-refractivity contribution in [2.45, 2.75) is 6.92 Å². The molecule has 0 fully saturated rings. The first-order valence-corrected chi connectivity index (χ1v) is 8.26. The van der Waals surface area contributed by atoms with Gasteiger partial charge in [-0.05, 0) is 31.2 Å². The van der Waals surface area contributed by atoms with Crippen LogP contribution in [0.15, 0.2) is 53.6 Å². The molecule has 26 heavy (non-hydrogen) atoms. The lowest BCUT2D eigenvalue weighted by molar-refractivity contribution is -0.384. The van der Waals surface area contributed by atoms with E-state index in [2.05, 4.69) is 15.6 Å². The maximum atomic E-state index is 10.8. The molecule has 0 radical (unpaired) electrons. The molecule has 0 atom stereocenters. The summed E-state index contributed by atoms with van der Waals surface area (Å²) in [5.74, 6) is 0. The number of hydrogen-bond donors (Lipinski definition) is 1. The number of benzene rings is 2. The Balaban J connectivity index is 1.83. The first kappa shape index (κ1) is 17.9. The highest BCUT2D eigenvalue weighted by atomic mass is 35.5. The lowest BCUT2D eigenvalue weighted by atomic mass is 10.3. The van der Waals surface area contributed by atoms with Crippen LogP contribution < -0.4 is 5.43 Å². The summed E-state index contributed by atoms with van der Waals surface area (Å²) in [6.45, 7) is 1.81. The fraction of sp³-hybridized carbons (Fsp3) is 0.0588.